The Morgan fingerprint density at radius 3 is 2.74 bits per heavy atom. The summed E-state index contributed by atoms with van der Waals surface area (Å²) in [4.78, 5) is 47.3. The molecule has 0 spiro atoms. The fraction of sp³-hybridized carbons (Fsp3) is 0.368. The predicted molar refractivity (Wildman–Crippen MR) is 109 cm³/mol. The van der Waals surface area contributed by atoms with Crippen molar-refractivity contribution in [2.24, 2.45) is 0 Å². The number of urea groups is 1. The number of nitrogens with zero attached hydrogens (tertiary/aromatic N) is 4. The molecule has 2 aliphatic heterocycles. The van der Waals surface area contributed by atoms with Crippen molar-refractivity contribution in [2.45, 2.75) is 12.7 Å². The fourth-order valence-corrected chi connectivity index (χ4v) is 3.38. The Labute approximate surface area is 190 Å². The predicted octanol–water partition coefficient (Wildman–Crippen LogP) is 1.76. The lowest BCUT2D eigenvalue weighted by molar-refractivity contribution is -0.134. The van der Waals surface area contributed by atoms with Crippen LogP contribution in [0.15, 0.2) is 35.1 Å². The molecule has 15 heteroatoms. The first-order valence-corrected chi connectivity index (χ1v) is 10.0. The van der Waals surface area contributed by atoms with E-state index in [1.54, 1.807) is 4.90 Å². The van der Waals surface area contributed by atoms with Crippen molar-refractivity contribution in [3.8, 4) is 0 Å². The molecule has 3 heterocycles. The molecule has 1 aromatic heterocycles. The summed E-state index contributed by atoms with van der Waals surface area (Å²) in [7, 11) is 0. The van der Waals surface area contributed by atoms with Crippen molar-refractivity contribution in [1.29, 1.82) is 0 Å². The van der Waals surface area contributed by atoms with Crippen molar-refractivity contribution < 1.29 is 41.5 Å². The number of halogens is 3. The van der Waals surface area contributed by atoms with Crippen LogP contribution < -0.4 is 20.4 Å². The van der Waals surface area contributed by atoms with E-state index >= 15 is 0 Å². The van der Waals surface area contributed by atoms with Gasteiger partial charge in [-0.05, 0) is 18.2 Å². The number of ether oxygens (including phenoxy) is 1. The third-order valence-corrected chi connectivity index (χ3v) is 4.95. The number of amides is 4. The minimum atomic E-state index is -3.26. The van der Waals surface area contributed by atoms with E-state index in [-0.39, 0.29) is 50.2 Å². The maximum absolute atomic E-state index is 14.9. The number of nitrogens with one attached hydrogen (secondary N) is 2. The molecule has 2 aromatic rings. The number of hydrogen-bond acceptors (Lipinski definition) is 8. The van der Waals surface area contributed by atoms with Gasteiger partial charge in [0.05, 0.1) is 37.3 Å². The summed E-state index contributed by atoms with van der Waals surface area (Å²) in [5.74, 6) is -2.24. The number of rotatable bonds is 5. The normalized spacial score (nSPS) is 18.6. The first-order chi connectivity index (χ1) is 16.3. The largest absolute Gasteiger partial charge is 0.432 e. The minimum Gasteiger partial charge on any atom is -0.432 e. The molecule has 2 aliphatic rings. The van der Waals surface area contributed by atoms with Gasteiger partial charge in [0.2, 0.25) is 0 Å². The Morgan fingerprint density at radius 1 is 1.21 bits per heavy atom. The van der Waals surface area contributed by atoms with Gasteiger partial charge in [0, 0.05) is 13.1 Å². The number of aromatic nitrogens is 1. The summed E-state index contributed by atoms with van der Waals surface area (Å²) in [6.07, 6.45) is -2.79. The lowest BCUT2D eigenvalue weighted by Crippen LogP contribution is -2.41. The van der Waals surface area contributed by atoms with E-state index < -0.39 is 36.5 Å². The van der Waals surface area contributed by atoms with Gasteiger partial charge in [-0.25, -0.2) is 24.0 Å². The molecule has 182 valence electrons. The molecule has 4 amide bonds. The molecule has 2 N–H and O–H groups in total. The molecule has 2 saturated heterocycles. The maximum atomic E-state index is 14.9. The molecule has 0 aliphatic carbocycles. The number of anilines is 3. The molecule has 4 rings (SSSR count). The van der Waals surface area contributed by atoms with E-state index in [0.29, 0.717) is 0 Å². The van der Waals surface area contributed by atoms with Crippen molar-refractivity contribution in [1.82, 2.24) is 15.4 Å². The molecule has 2 fully saturated rings. The zero-order valence-electron chi connectivity index (χ0n) is 17.4. The molecule has 1 unspecified atom stereocenters. The fourth-order valence-electron chi connectivity index (χ4n) is 3.38. The Hall–Kier alpha value is -4.01. The van der Waals surface area contributed by atoms with E-state index in [1.165, 1.54) is 24.6 Å². The summed E-state index contributed by atoms with van der Waals surface area (Å²) in [6.45, 7) is 0.444. The molecule has 1 atom stereocenters. The standard InChI is InChI=1S/C19H19F3N6O6/c20-12-9-11(27-10-14(34-19(27)31)24-16(29)15(21)22)1-2-13(12)26-4-5-28(33-8-6-26)18(30)25-17-23-3-7-32-17/h1-3,7,9,14-15H,4-6,8,10H2,(H,24,29)(H,23,25,30). The minimum absolute atomic E-state index is 0.00721. The maximum Gasteiger partial charge on any atom is 0.416 e. The van der Waals surface area contributed by atoms with Crippen molar-refractivity contribution in [3.63, 3.8) is 0 Å². The van der Waals surface area contributed by atoms with Gasteiger partial charge >= 0.3 is 24.6 Å². The molecular weight excluding hydrogens is 465 g/mol. The average molecular weight is 484 g/mol. The number of hydroxylamine groups is 2. The SMILES string of the molecule is O=C(NC1CN(c2ccc(N3CCON(C(=O)Nc4ncco4)CC3)c(F)c2)C(=O)O1)C(F)F. The van der Waals surface area contributed by atoms with Crippen LogP contribution in [0.25, 0.3) is 0 Å². The quantitative estimate of drug-likeness (QED) is 0.657. The Balaban J connectivity index is 1.38. The van der Waals surface area contributed by atoms with Gasteiger partial charge in [0.25, 0.3) is 5.91 Å². The molecule has 0 saturated carbocycles. The highest BCUT2D eigenvalue weighted by molar-refractivity contribution is 5.91. The monoisotopic (exact) mass is 484 g/mol. The van der Waals surface area contributed by atoms with E-state index in [4.69, 9.17) is 14.0 Å². The van der Waals surface area contributed by atoms with E-state index in [0.717, 1.165) is 16.0 Å². The Morgan fingerprint density at radius 2 is 2.03 bits per heavy atom. The summed E-state index contributed by atoms with van der Waals surface area (Å²) in [6, 6.07) is 3.39. The van der Waals surface area contributed by atoms with Crippen LogP contribution in [0.3, 0.4) is 0 Å². The molecule has 1 aromatic carbocycles. The number of oxazole rings is 1. The molecule has 12 nitrogen and oxygen atoms in total. The second-order valence-corrected chi connectivity index (χ2v) is 7.12. The summed E-state index contributed by atoms with van der Waals surface area (Å²) >= 11 is 0. The average Bonchev–Trinajstić information content (AvgIpc) is 3.36. The Kier molecular flexibility index (Phi) is 6.72. The lowest BCUT2D eigenvalue weighted by Gasteiger charge is -2.23. The van der Waals surface area contributed by atoms with Gasteiger partial charge in [0.15, 0.2) is 6.23 Å². The summed E-state index contributed by atoms with van der Waals surface area (Å²) < 4.78 is 49.5. The summed E-state index contributed by atoms with van der Waals surface area (Å²) in [5.41, 5.74) is 0.329. The molecule has 0 radical (unpaired) electrons. The van der Waals surface area contributed by atoms with Crippen LogP contribution in [0.5, 0.6) is 0 Å². The zero-order valence-corrected chi connectivity index (χ0v) is 17.4. The Bertz CT molecular complexity index is 1060. The van der Waals surface area contributed by atoms with Crippen molar-refractivity contribution in [2.75, 3.05) is 47.9 Å². The van der Waals surface area contributed by atoms with Gasteiger partial charge in [-0.3, -0.25) is 19.8 Å². The van der Waals surface area contributed by atoms with Crippen LogP contribution in [0.2, 0.25) is 0 Å². The molecule has 0 bridgehead atoms. The van der Waals surface area contributed by atoms with Crippen LogP contribution >= 0.6 is 0 Å². The number of cyclic esters (lactones) is 1. The topological polar surface area (TPSA) is 129 Å². The first-order valence-electron chi connectivity index (χ1n) is 10.0. The highest BCUT2D eigenvalue weighted by Gasteiger charge is 2.35. The summed E-state index contributed by atoms with van der Waals surface area (Å²) in [5, 5.41) is 5.38. The second kappa shape index (κ2) is 9.86. The van der Waals surface area contributed by atoms with E-state index in [1.807, 2.05) is 5.32 Å². The number of carbonyl (C=O) groups excluding carboxylic acids is 3. The smallest absolute Gasteiger partial charge is 0.416 e. The number of benzene rings is 1. The van der Waals surface area contributed by atoms with Gasteiger partial charge in [-0.1, -0.05) is 0 Å². The lowest BCUT2D eigenvalue weighted by atomic mass is 10.2. The second-order valence-electron chi connectivity index (χ2n) is 7.12. The van der Waals surface area contributed by atoms with Gasteiger partial charge in [-0.15, -0.1) is 0 Å². The van der Waals surface area contributed by atoms with Crippen LogP contribution in [-0.4, -0.2) is 73.5 Å². The molecule has 34 heavy (non-hydrogen) atoms. The highest BCUT2D eigenvalue weighted by atomic mass is 19.3. The van der Waals surface area contributed by atoms with E-state index in [9.17, 15) is 27.6 Å². The van der Waals surface area contributed by atoms with Crippen molar-refractivity contribution in [3.05, 3.63) is 36.5 Å². The number of hydrogen-bond donors (Lipinski definition) is 2. The third-order valence-electron chi connectivity index (χ3n) is 4.95. The third kappa shape index (κ3) is 5.14. The highest BCUT2D eigenvalue weighted by Crippen LogP contribution is 2.28. The zero-order chi connectivity index (χ0) is 24.2. The first kappa shape index (κ1) is 23.2. The van der Waals surface area contributed by atoms with E-state index in [2.05, 4.69) is 10.3 Å². The number of carbonyl (C=O) groups is 3. The van der Waals surface area contributed by atoms with Gasteiger partial charge in [0.1, 0.15) is 12.1 Å². The van der Waals surface area contributed by atoms with Gasteiger partial charge < -0.3 is 19.4 Å². The van der Waals surface area contributed by atoms with Crippen LogP contribution in [-0.2, 0) is 14.4 Å². The number of alkyl halides is 2. The molecular formula is C19H19F3N6O6. The van der Waals surface area contributed by atoms with Crippen LogP contribution in [0, 0.1) is 5.82 Å². The van der Waals surface area contributed by atoms with Crippen LogP contribution in [0.4, 0.5) is 40.1 Å². The van der Waals surface area contributed by atoms with Gasteiger partial charge in [-0.2, -0.15) is 8.78 Å². The van der Waals surface area contributed by atoms with Crippen molar-refractivity contribution >= 4 is 35.4 Å². The van der Waals surface area contributed by atoms with Crippen LogP contribution in [0.1, 0.15) is 0 Å².